The average Bonchev–Trinajstić information content (AvgIpc) is 2.97. The van der Waals surface area contributed by atoms with Gasteiger partial charge in [-0.1, -0.05) is 24.3 Å². The minimum atomic E-state index is 0.262. The van der Waals surface area contributed by atoms with Gasteiger partial charge in [0.05, 0.1) is 5.69 Å². The van der Waals surface area contributed by atoms with Crippen molar-refractivity contribution in [2.45, 2.75) is 6.54 Å². The first-order valence-corrected chi connectivity index (χ1v) is 7.19. The predicted molar refractivity (Wildman–Crippen MR) is 82.5 cm³/mol. The second kappa shape index (κ2) is 5.45. The van der Waals surface area contributed by atoms with Crippen LogP contribution in [0.3, 0.4) is 0 Å². The van der Waals surface area contributed by atoms with Crippen molar-refractivity contribution in [1.82, 2.24) is 4.98 Å². The van der Waals surface area contributed by atoms with Crippen LogP contribution in [0.2, 0.25) is 0 Å². The molecule has 4 heteroatoms. The van der Waals surface area contributed by atoms with Crippen LogP contribution < -0.4 is 5.73 Å². The first kappa shape index (κ1) is 12.8. The van der Waals surface area contributed by atoms with Gasteiger partial charge in [0, 0.05) is 23.1 Å². The molecule has 0 saturated heterocycles. The lowest BCUT2D eigenvalue weighted by molar-refractivity contribution is 0.475. The molecule has 0 aliphatic rings. The van der Waals surface area contributed by atoms with E-state index >= 15 is 0 Å². The van der Waals surface area contributed by atoms with Crippen molar-refractivity contribution >= 4 is 11.3 Å². The topological polar surface area (TPSA) is 59.1 Å². The highest BCUT2D eigenvalue weighted by Gasteiger charge is 2.09. The van der Waals surface area contributed by atoms with Crippen molar-refractivity contribution in [2.75, 3.05) is 0 Å². The highest BCUT2D eigenvalue weighted by Crippen LogP contribution is 2.31. The first-order chi connectivity index (χ1) is 9.78. The Hall–Kier alpha value is -2.17. The monoisotopic (exact) mass is 282 g/mol. The Morgan fingerprint density at radius 3 is 2.55 bits per heavy atom. The molecule has 3 aromatic rings. The summed E-state index contributed by atoms with van der Waals surface area (Å²) in [5.41, 5.74) is 9.87. The fourth-order valence-corrected chi connectivity index (χ4v) is 2.96. The van der Waals surface area contributed by atoms with Gasteiger partial charge in [0.25, 0.3) is 0 Å². The van der Waals surface area contributed by atoms with E-state index in [1.807, 2.05) is 41.8 Å². The summed E-state index contributed by atoms with van der Waals surface area (Å²) < 4.78 is 0. The molecule has 0 atom stereocenters. The molecule has 0 aliphatic carbocycles. The summed E-state index contributed by atoms with van der Waals surface area (Å²) in [6, 6.07) is 15.1. The van der Waals surface area contributed by atoms with Crippen molar-refractivity contribution < 1.29 is 5.11 Å². The van der Waals surface area contributed by atoms with Crippen molar-refractivity contribution in [3.8, 4) is 27.6 Å². The zero-order valence-corrected chi connectivity index (χ0v) is 11.6. The van der Waals surface area contributed by atoms with Gasteiger partial charge in [-0.25, -0.2) is 4.98 Å². The molecule has 0 amide bonds. The van der Waals surface area contributed by atoms with E-state index in [4.69, 9.17) is 5.73 Å². The van der Waals surface area contributed by atoms with Gasteiger partial charge in [0.2, 0.25) is 0 Å². The van der Waals surface area contributed by atoms with E-state index in [0.717, 1.165) is 27.4 Å². The smallest absolute Gasteiger partial charge is 0.124 e. The van der Waals surface area contributed by atoms with Gasteiger partial charge in [0.15, 0.2) is 0 Å². The maximum Gasteiger partial charge on any atom is 0.124 e. The Morgan fingerprint density at radius 1 is 1.05 bits per heavy atom. The summed E-state index contributed by atoms with van der Waals surface area (Å²) in [6.07, 6.45) is 0. The SMILES string of the molecule is NCc1ccccc1-c1nc(-c2ccc(O)cc2)cs1. The number of hydrogen-bond donors (Lipinski definition) is 2. The number of nitrogens with two attached hydrogens (primary N) is 1. The third-order valence-corrected chi connectivity index (χ3v) is 4.01. The van der Waals surface area contributed by atoms with Crippen LogP contribution in [0, 0.1) is 0 Å². The van der Waals surface area contributed by atoms with Crippen LogP contribution in [0.25, 0.3) is 21.8 Å². The number of phenols is 1. The lowest BCUT2D eigenvalue weighted by Crippen LogP contribution is -1.98. The number of phenolic OH excluding ortho intramolecular Hbond substituents is 1. The van der Waals surface area contributed by atoms with Crippen molar-refractivity contribution in [3.05, 3.63) is 59.5 Å². The number of rotatable bonds is 3. The van der Waals surface area contributed by atoms with Crippen LogP contribution in [0.5, 0.6) is 5.75 Å². The summed E-state index contributed by atoms with van der Waals surface area (Å²) in [6.45, 7) is 0.504. The fourth-order valence-electron chi connectivity index (χ4n) is 2.07. The maximum atomic E-state index is 9.32. The Morgan fingerprint density at radius 2 is 1.80 bits per heavy atom. The zero-order chi connectivity index (χ0) is 13.9. The van der Waals surface area contributed by atoms with Gasteiger partial charge < -0.3 is 10.8 Å². The van der Waals surface area contributed by atoms with Crippen LogP contribution in [0.15, 0.2) is 53.9 Å². The summed E-state index contributed by atoms with van der Waals surface area (Å²) in [4.78, 5) is 4.67. The summed E-state index contributed by atoms with van der Waals surface area (Å²) in [7, 11) is 0. The number of thiazole rings is 1. The third kappa shape index (κ3) is 2.43. The molecule has 2 aromatic carbocycles. The van der Waals surface area contributed by atoms with E-state index in [-0.39, 0.29) is 5.75 Å². The van der Waals surface area contributed by atoms with E-state index in [1.54, 1.807) is 23.5 Å². The Balaban J connectivity index is 2.00. The number of aromatic hydroxyl groups is 1. The minimum Gasteiger partial charge on any atom is -0.508 e. The number of hydrogen-bond acceptors (Lipinski definition) is 4. The lowest BCUT2D eigenvalue weighted by Gasteiger charge is -2.03. The van der Waals surface area contributed by atoms with Crippen LogP contribution >= 0.6 is 11.3 Å². The molecule has 3 N–H and O–H groups in total. The second-order valence-electron chi connectivity index (χ2n) is 4.45. The quantitative estimate of drug-likeness (QED) is 0.771. The molecule has 0 spiro atoms. The van der Waals surface area contributed by atoms with Crippen LogP contribution in [0.1, 0.15) is 5.56 Å². The van der Waals surface area contributed by atoms with Gasteiger partial charge in [0.1, 0.15) is 10.8 Å². The molecular formula is C16H14N2OS. The number of benzene rings is 2. The molecule has 0 aliphatic heterocycles. The van der Waals surface area contributed by atoms with Crippen molar-refractivity contribution in [1.29, 1.82) is 0 Å². The van der Waals surface area contributed by atoms with Crippen molar-refractivity contribution in [2.24, 2.45) is 5.73 Å². The van der Waals surface area contributed by atoms with Crippen molar-refractivity contribution in [3.63, 3.8) is 0 Å². The predicted octanol–water partition coefficient (Wildman–Crippen LogP) is 3.64. The lowest BCUT2D eigenvalue weighted by atomic mass is 10.1. The van der Waals surface area contributed by atoms with Gasteiger partial charge >= 0.3 is 0 Å². The molecule has 3 rings (SSSR count). The molecule has 0 radical (unpaired) electrons. The normalized spacial score (nSPS) is 10.7. The molecule has 0 bridgehead atoms. The van der Waals surface area contributed by atoms with E-state index in [9.17, 15) is 5.11 Å². The summed E-state index contributed by atoms with van der Waals surface area (Å²) in [5, 5.41) is 12.3. The number of nitrogens with zero attached hydrogens (tertiary/aromatic N) is 1. The standard InChI is InChI=1S/C16H14N2OS/c17-9-12-3-1-2-4-14(12)16-18-15(10-20-16)11-5-7-13(19)8-6-11/h1-8,10,19H,9,17H2. The van der Waals surface area contributed by atoms with E-state index < -0.39 is 0 Å². The molecule has 3 nitrogen and oxygen atoms in total. The Labute approximate surface area is 121 Å². The second-order valence-corrected chi connectivity index (χ2v) is 5.30. The Bertz CT molecular complexity index is 719. The minimum absolute atomic E-state index is 0.262. The van der Waals surface area contributed by atoms with E-state index in [2.05, 4.69) is 4.98 Å². The Kier molecular flexibility index (Phi) is 3.50. The molecule has 100 valence electrons. The number of aromatic nitrogens is 1. The van der Waals surface area contributed by atoms with Gasteiger partial charge in [-0.15, -0.1) is 11.3 Å². The molecule has 0 unspecified atom stereocenters. The van der Waals surface area contributed by atoms with Gasteiger partial charge in [-0.2, -0.15) is 0 Å². The molecule has 20 heavy (non-hydrogen) atoms. The van der Waals surface area contributed by atoms with Crippen LogP contribution in [-0.4, -0.2) is 10.1 Å². The van der Waals surface area contributed by atoms with E-state index in [1.165, 1.54) is 0 Å². The third-order valence-electron chi connectivity index (χ3n) is 3.13. The van der Waals surface area contributed by atoms with Crippen LogP contribution in [-0.2, 0) is 6.54 Å². The van der Waals surface area contributed by atoms with E-state index in [0.29, 0.717) is 6.54 Å². The molecule has 0 fully saturated rings. The molecular weight excluding hydrogens is 268 g/mol. The molecule has 0 saturated carbocycles. The summed E-state index contributed by atoms with van der Waals surface area (Å²) >= 11 is 1.60. The van der Waals surface area contributed by atoms with Gasteiger partial charge in [-0.05, 0) is 29.8 Å². The molecule has 1 heterocycles. The highest BCUT2D eigenvalue weighted by molar-refractivity contribution is 7.13. The maximum absolute atomic E-state index is 9.32. The zero-order valence-electron chi connectivity index (χ0n) is 10.8. The average molecular weight is 282 g/mol. The van der Waals surface area contributed by atoms with Crippen LogP contribution in [0.4, 0.5) is 0 Å². The van der Waals surface area contributed by atoms with Gasteiger partial charge in [-0.3, -0.25) is 0 Å². The first-order valence-electron chi connectivity index (χ1n) is 6.31. The largest absolute Gasteiger partial charge is 0.508 e. The molecule has 1 aromatic heterocycles. The highest BCUT2D eigenvalue weighted by atomic mass is 32.1. The summed E-state index contributed by atoms with van der Waals surface area (Å²) in [5.74, 6) is 0.262. The fraction of sp³-hybridized carbons (Fsp3) is 0.0625.